The number of anilines is 1. The van der Waals surface area contributed by atoms with Crippen LogP contribution in [0.15, 0.2) is 59.8 Å². The van der Waals surface area contributed by atoms with Gasteiger partial charge in [0.15, 0.2) is 0 Å². The average Bonchev–Trinajstić information content (AvgIpc) is 2.89. The average molecular weight is 271 g/mol. The summed E-state index contributed by atoms with van der Waals surface area (Å²) >= 11 is 0. The fourth-order valence-electron chi connectivity index (χ4n) is 2.74. The van der Waals surface area contributed by atoms with Gasteiger partial charge in [-0.2, -0.15) is 0 Å². The Bertz CT molecular complexity index is 537. The lowest BCUT2D eigenvalue weighted by Gasteiger charge is -2.17. The summed E-state index contributed by atoms with van der Waals surface area (Å²) in [5.74, 6) is -0.198. The highest BCUT2D eigenvalue weighted by Crippen LogP contribution is 2.34. The van der Waals surface area contributed by atoms with Crippen LogP contribution >= 0.6 is 0 Å². The van der Waals surface area contributed by atoms with Gasteiger partial charge in [0.05, 0.1) is 0 Å². The number of allylic oxidation sites excluding steroid dienone is 4. The molecule has 0 aromatic heterocycles. The summed E-state index contributed by atoms with van der Waals surface area (Å²) in [5, 5.41) is 0. The number of hydrogen-bond donors (Lipinski definition) is 0. The summed E-state index contributed by atoms with van der Waals surface area (Å²) in [4.78, 5) is 2.07. The zero-order valence-electron chi connectivity index (χ0n) is 12.3. The first-order chi connectivity index (χ1) is 9.65. The molecule has 0 heterocycles. The van der Waals surface area contributed by atoms with Crippen LogP contribution in [-0.4, -0.2) is 7.05 Å². The van der Waals surface area contributed by atoms with Crippen LogP contribution < -0.4 is 4.90 Å². The molecule has 0 atom stereocenters. The van der Waals surface area contributed by atoms with E-state index in [1.54, 1.807) is 12.1 Å². The van der Waals surface area contributed by atoms with Crippen molar-refractivity contribution in [2.75, 3.05) is 11.9 Å². The molecule has 0 amide bonds. The molecule has 1 aliphatic carbocycles. The van der Waals surface area contributed by atoms with E-state index < -0.39 is 0 Å². The van der Waals surface area contributed by atoms with Gasteiger partial charge in [0.1, 0.15) is 5.82 Å². The molecule has 1 nitrogen and oxygen atoms in total. The van der Waals surface area contributed by atoms with E-state index in [4.69, 9.17) is 0 Å². The molecule has 0 N–H and O–H groups in total. The zero-order valence-corrected chi connectivity index (χ0v) is 12.3. The standard InChI is InChI=1S/C18H22FN/c1-4-14(5-2)18-8-6-7-15(18)13-20(3)17-11-9-16(19)10-12-17/h4,9-13H,1,5-8H2,2-3H3/b15-13-,18-14+. The molecule has 106 valence electrons. The number of nitrogens with zero attached hydrogens (tertiary/aromatic N) is 1. The Morgan fingerprint density at radius 1 is 1.30 bits per heavy atom. The lowest BCUT2D eigenvalue weighted by molar-refractivity contribution is 0.628. The lowest BCUT2D eigenvalue weighted by atomic mass is 10.0. The SMILES string of the molecule is C=C/C(CC)=C1/CCC/C1=C/N(C)c1ccc(F)cc1. The summed E-state index contributed by atoms with van der Waals surface area (Å²) in [6, 6.07) is 6.60. The van der Waals surface area contributed by atoms with Crippen LogP contribution in [0.3, 0.4) is 0 Å². The van der Waals surface area contributed by atoms with Crippen molar-refractivity contribution in [3.63, 3.8) is 0 Å². The third-order valence-electron chi connectivity index (χ3n) is 3.86. The fraction of sp³-hybridized carbons (Fsp3) is 0.333. The highest BCUT2D eigenvalue weighted by molar-refractivity contribution is 5.52. The summed E-state index contributed by atoms with van der Waals surface area (Å²) in [7, 11) is 2.01. The highest BCUT2D eigenvalue weighted by atomic mass is 19.1. The first kappa shape index (κ1) is 14.6. The predicted molar refractivity (Wildman–Crippen MR) is 84.3 cm³/mol. The van der Waals surface area contributed by atoms with Crippen LogP contribution in [0.1, 0.15) is 32.6 Å². The molecule has 0 radical (unpaired) electrons. The van der Waals surface area contributed by atoms with Crippen molar-refractivity contribution in [3.8, 4) is 0 Å². The van der Waals surface area contributed by atoms with E-state index in [-0.39, 0.29) is 5.82 Å². The van der Waals surface area contributed by atoms with Gasteiger partial charge in [-0.25, -0.2) is 4.39 Å². The van der Waals surface area contributed by atoms with Crippen molar-refractivity contribution in [2.45, 2.75) is 32.6 Å². The van der Waals surface area contributed by atoms with Crippen molar-refractivity contribution >= 4 is 5.69 Å². The second-order valence-corrected chi connectivity index (χ2v) is 5.16. The van der Waals surface area contributed by atoms with Crippen LogP contribution in [0.5, 0.6) is 0 Å². The molecule has 0 bridgehead atoms. The van der Waals surface area contributed by atoms with E-state index in [0.29, 0.717) is 0 Å². The number of halogens is 1. The van der Waals surface area contributed by atoms with Crippen molar-refractivity contribution in [1.82, 2.24) is 0 Å². The Labute approximate surface area is 121 Å². The highest BCUT2D eigenvalue weighted by Gasteiger charge is 2.16. The van der Waals surface area contributed by atoms with Gasteiger partial charge < -0.3 is 4.90 Å². The van der Waals surface area contributed by atoms with Crippen LogP contribution in [0, 0.1) is 5.82 Å². The molecule has 2 rings (SSSR count). The van der Waals surface area contributed by atoms with Gasteiger partial charge in [-0.05, 0) is 66.7 Å². The largest absolute Gasteiger partial charge is 0.351 e. The van der Waals surface area contributed by atoms with E-state index in [2.05, 4.69) is 24.6 Å². The Hall–Kier alpha value is -1.83. The topological polar surface area (TPSA) is 3.24 Å². The fourth-order valence-corrected chi connectivity index (χ4v) is 2.74. The molecule has 20 heavy (non-hydrogen) atoms. The molecule has 1 aliphatic rings. The normalized spacial score (nSPS) is 19.2. The molecule has 0 spiro atoms. The van der Waals surface area contributed by atoms with E-state index in [1.165, 1.54) is 35.3 Å². The minimum Gasteiger partial charge on any atom is -0.351 e. The van der Waals surface area contributed by atoms with Gasteiger partial charge in [-0.15, -0.1) is 0 Å². The summed E-state index contributed by atoms with van der Waals surface area (Å²) in [6.45, 7) is 6.09. The van der Waals surface area contributed by atoms with Gasteiger partial charge in [-0.1, -0.05) is 19.6 Å². The molecule has 1 fully saturated rings. The molecule has 1 aromatic rings. The van der Waals surface area contributed by atoms with Crippen molar-refractivity contribution in [2.24, 2.45) is 0 Å². The van der Waals surface area contributed by atoms with Gasteiger partial charge in [0.2, 0.25) is 0 Å². The molecule has 0 unspecified atom stereocenters. The smallest absolute Gasteiger partial charge is 0.123 e. The van der Waals surface area contributed by atoms with Gasteiger partial charge in [0, 0.05) is 18.9 Å². The van der Waals surface area contributed by atoms with Crippen LogP contribution in [0.4, 0.5) is 10.1 Å². The Morgan fingerprint density at radius 3 is 2.60 bits per heavy atom. The van der Waals surface area contributed by atoms with E-state index in [9.17, 15) is 4.39 Å². The molecule has 0 saturated heterocycles. The van der Waals surface area contributed by atoms with E-state index in [0.717, 1.165) is 24.9 Å². The lowest BCUT2D eigenvalue weighted by Crippen LogP contribution is -2.09. The van der Waals surface area contributed by atoms with E-state index >= 15 is 0 Å². The molecule has 1 saturated carbocycles. The van der Waals surface area contributed by atoms with E-state index in [1.807, 2.05) is 13.1 Å². The molecular formula is C18H22FN. The van der Waals surface area contributed by atoms with Gasteiger partial charge in [-0.3, -0.25) is 0 Å². The summed E-state index contributed by atoms with van der Waals surface area (Å²) in [6.07, 6.45) is 8.63. The second-order valence-electron chi connectivity index (χ2n) is 5.16. The maximum atomic E-state index is 13.0. The van der Waals surface area contributed by atoms with Gasteiger partial charge in [0.25, 0.3) is 0 Å². The molecular weight excluding hydrogens is 249 g/mol. The van der Waals surface area contributed by atoms with Gasteiger partial charge >= 0.3 is 0 Å². The van der Waals surface area contributed by atoms with Crippen molar-refractivity contribution in [1.29, 1.82) is 0 Å². The predicted octanol–water partition coefficient (Wildman–Crippen LogP) is 5.22. The van der Waals surface area contributed by atoms with Crippen LogP contribution in [0.2, 0.25) is 0 Å². The monoisotopic (exact) mass is 271 g/mol. The Morgan fingerprint density at radius 2 is 2.00 bits per heavy atom. The minimum absolute atomic E-state index is 0.198. The zero-order chi connectivity index (χ0) is 14.5. The number of hydrogen-bond acceptors (Lipinski definition) is 1. The molecule has 2 heteroatoms. The maximum absolute atomic E-state index is 13.0. The summed E-state index contributed by atoms with van der Waals surface area (Å²) < 4.78 is 13.0. The van der Waals surface area contributed by atoms with Crippen molar-refractivity contribution in [3.05, 3.63) is 65.7 Å². The second kappa shape index (κ2) is 6.56. The minimum atomic E-state index is -0.198. The third-order valence-corrected chi connectivity index (χ3v) is 3.86. The third kappa shape index (κ3) is 3.19. The van der Waals surface area contributed by atoms with Crippen LogP contribution in [-0.2, 0) is 0 Å². The quantitative estimate of drug-likeness (QED) is 0.725. The first-order valence-corrected chi connectivity index (χ1v) is 7.19. The number of benzene rings is 1. The molecule has 1 aromatic carbocycles. The first-order valence-electron chi connectivity index (χ1n) is 7.19. The van der Waals surface area contributed by atoms with Crippen molar-refractivity contribution < 1.29 is 4.39 Å². The Kier molecular flexibility index (Phi) is 4.78. The maximum Gasteiger partial charge on any atom is 0.123 e. The number of rotatable bonds is 4. The Balaban J connectivity index is 2.27. The molecule has 0 aliphatic heterocycles. The summed E-state index contributed by atoms with van der Waals surface area (Å²) in [5.41, 5.74) is 5.17. The van der Waals surface area contributed by atoms with Crippen LogP contribution in [0.25, 0.3) is 0 Å².